The Balaban J connectivity index is 1.57. The van der Waals surface area contributed by atoms with E-state index < -0.39 is 52.0 Å². The molecule has 6 rings (SSSR count). The summed E-state index contributed by atoms with van der Waals surface area (Å²) in [6.07, 6.45) is 2.93. The van der Waals surface area contributed by atoms with E-state index in [9.17, 15) is 24.0 Å². The normalized spacial score (nSPS) is 17.4. The quantitative estimate of drug-likeness (QED) is 0.189. The lowest BCUT2D eigenvalue weighted by Gasteiger charge is -2.32. The lowest BCUT2D eigenvalue weighted by molar-refractivity contribution is -0.125. The number of carbonyl (C=O) groups excluding carboxylic acids is 5. The van der Waals surface area contributed by atoms with Crippen LogP contribution in [0, 0.1) is 0 Å². The zero-order chi connectivity index (χ0) is 32.4. The highest BCUT2D eigenvalue weighted by molar-refractivity contribution is 6.47. The number of carbonyl (C=O) groups is 5. The van der Waals surface area contributed by atoms with Crippen molar-refractivity contribution in [1.82, 2.24) is 0 Å². The topological polar surface area (TPSA) is 144 Å². The SMILES string of the molecule is NC1=C(C(=O)C2=C(N)/C(=C/c3ccccc3)C(=O)N(c3ccccc3)C2=O)C(=O)N(c2ccccc2)C(=O)/C1=C\c1ccccc1. The number of nitrogens with zero attached hydrogens (tertiary/aromatic N) is 2. The maximum absolute atomic E-state index is 14.5. The Bertz CT molecular complexity index is 1880. The molecule has 9 heteroatoms. The molecule has 9 nitrogen and oxygen atoms in total. The summed E-state index contributed by atoms with van der Waals surface area (Å²) in [6, 6.07) is 33.6. The first-order valence-corrected chi connectivity index (χ1v) is 14.2. The van der Waals surface area contributed by atoms with E-state index in [1.807, 2.05) is 0 Å². The van der Waals surface area contributed by atoms with Crippen molar-refractivity contribution < 1.29 is 24.0 Å². The van der Waals surface area contributed by atoms with E-state index in [1.165, 1.54) is 36.4 Å². The molecule has 0 saturated heterocycles. The van der Waals surface area contributed by atoms with E-state index in [4.69, 9.17) is 11.5 Å². The van der Waals surface area contributed by atoms with Crippen LogP contribution in [0.1, 0.15) is 11.1 Å². The third-order valence-electron chi connectivity index (χ3n) is 7.52. The molecule has 4 amide bonds. The van der Waals surface area contributed by atoms with Crippen molar-refractivity contribution in [3.8, 4) is 0 Å². The molecule has 2 aliphatic heterocycles. The summed E-state index contributed by atoms with van der Waals surface area (Å²) >= 11 is 0. The van der Waals surface area contributed by atoms with Crippen molar-refractivity contribution in [3.63, 3.8) is 0 Å². The van der Waals surface area contributed by atoms with Gasteiger partial charge in [-0.1, -0.05) is 97.1 Å². The van der Waals surface area contributed by atoms with Crippen LogP contribution in [0.2, 0.25) is 0 Å². The molecule has 0 aromatic heterocycles. The van der Waals surface area contributed by atoms with Gasteiger partial charge in [-0.2, -0.15) is 0 Å². The smallest absolute Gasteiger partial charge is 0.271 e. The number of hydrogen-bond acceptors (Lipinski definition) is 7. The van der Waals surface area contributed by atoms with Crippen LogP contribution in [0.4, 0.5) is 11.4 Å². The first-order chi connectivity index (χ1) is 22.3. The number of para-hydroxylation sites is 2. The predicted octanol–water partition coefficient (Wildman–Crippen LogP) is 4.30. The van der Waals surface area contributed by atoms with E-state index in [1.54, 1.807) is 97.1 Å². The molecule has 0 spiro atoms. The fourth-order valence-electron chi connectivity index (χ4n) is 5.28. The van der Waals surface area contributed by atoms with Gasteiger partial charge in [-0.3, -0.25) is 24.0 Å². The Morgan fingerprint density at radius 1 is 0.457 bits per heavy atom. The van der Waals surface area contributed by atoms with Gasteiger partial charge in [0, 0.05) is 0 Å². The minimum atomic E-state index is -1.12. The van der Waals surface area contributed by atoms with Gasteiger partial charge >= 0.3 is 0 Å². The third kappa shape index (κ3) is 5.22. The van der Waals surface area contributed by atoms with Crippen molar-refractivity contribution in [2.45, 2.75) is 0 Å². The predicted molar refractivity (Wildman–Crippen MR) is 174 cm³/mol. The molecule has 2 heterocycles. The van der Waals surface area contributed by atoms with Crippen LogP contribution in [0.25, 0.3) is 12.2 Å². The van der Waals surface area contributed by atoms with Gasteiger partial charge in [0.2, 0.25) is 5.78 Å². The number of Topliss-reactive ketones (excluding diaryl/α,β-unsaturated/α-hetero) is 1. The first kappa shape index (κ1) is 29.5. The monoisotopic (exact) mass is 606 g/mol. The van der Waals surface area contributed by atoms with E-state index in [0.29, 0.717) is 11.1 Å². The highest BCUT2D eigenvalue weighted by Gasteiger charge is 2.46. The Morgan fingerprint density at radius 3 is 1.09 bits per heavy atom. The van der Waals surface area contributed by atoms with Crippen LogP contribution < -0.4 is 21.3 Å². The summed E-state index contributed by atoms with van der Waals surface area (Å²) in [5.74, 6) is -4.69. The van der Waals surface area contributed by atoms with Crippen LogP contribution in [-0.2, 0) is 24.0 Å². The number of nitrogens with two attached hydrogens (primary N) is 2. The second-order valence-electron chi connectivity index (χ2n) is 10.4. The Morgan fingerprint density at radius 2 is 0.761 bits per heavy atom. The van der Waals surface area contributed by atoms with Crippen LogP contribution in [0.5, 0.6) is 0 Å². The van der Waals surface area contributed by atoms with E-state index in [-0.39, 0.29) is 22.5 Å². The number of anilines is 2. The van der Waals surface area contributed by atoms with E-state index in [0.717, 1.165) is 9.80 Å². The number of rotatable bonds is 6. The summed E-state index contributed by atoms with van der Waals surface area (Å²) in [5, 5.41) is 0. The zero-order valence-corrected chi connectivity index (χ0v) is 24.3. The average molecular weight is 607 g/mol. The van der Waals surface area contributed by atoms with E-state index >= 15 is 0 Å². The molecule has 46 heavy (non-hydrogen) atoms. The molecule has 0 unspecified atom stereocenters. The Labute approximate surface area is 264 Å². The fourth-order valence-corrected chi connectivity index (χ4v) is 5.28. The molecule has 0 aliphatic carbocycles. The largest absolute Gasteiger partial charge is 0.397 e. The zero-order valence-electron chi connectivity index (χ0n) is 24.3. The minimum absolute atomic E-state index is 0.128. The molecule has 0 bridgehead atoms. The molecular formula is C37H26N4O5. The van der Waals surface area contributed by atoms with Crippen LogP contribution in [-0.4, -0.2) is 29.4 Å². The number of benzene rings is 4. The van der Waals surface area contributed by atoms with Gasteiger partial charge in [-0.15, -0.1) is 0 Å². The van der Waals surface area contributed by atoms with E-state index in [2.05, 4.69) is 0 Å². The van der Waals surface area contributed by atoms with Crippen molar-refractivity contribution in [1.29, 1.82) is 0 Å². The number of amides is 4. The summed E-state index contributed by atoms with van der Waals surface area (Å²) in [4.78, 5) is 72.0. The second-order valence-corrected chi connectivity index (χ2v) is 10.4. The Hall–Kier alpha value is -6.61. The average Bonchev–Trinajstić information content (AvgIpc) is 3.07. The van der Waals surface area contributed by atoms with Gasteiger partial charge in [0.25, 0.3) is 23.6 Å². The van der Waals surface area contributed by atoms with Crippen molar-refractivity contribution >= 4 is 52.9 Å². The van der Waals surface area contributed by atoms with Crippen LogP contribution in [0.3, 0.4) is 0 Å². The molecule has 0 fully saturated rings. The minimum Gasteiger partial charge on any atom is -0.397 e. The van der Waals surface area contributed by atoms with Gasteiger partial charge in [0.1, 0.15) is 11.1 Å². The molecule has 0 radical (unpaired) electrons. The highest BCUT2D eigenvalue weighted by Crippen LogP contribution is 2.34. The lowest BCUT2D eigenvalue weighted by Crippen LogP contribution is -2.50. The molecule has 4 N–H and O–H groups in total. The number of imide groups is 2. The van der Waals surface area contributed by atoms with Crippen molar-refractivity contribution in [2.24, 2.45) is 11.5 Å². The maximum Gasteiger partial charge on any atom is 0.271 e. The third-order valence-corrected chi connectivity index (χ3v) is 7.52. The Kier molecular flexibility index (Phi) is 7.80. The van der Waals surface area contributed by atoms with Gasteiger partial charge in [0.15, 0.2) is 0 Å². The number of ketones is 1. The number of hydrogen-bond donors (Lipinski definition) is 2. The standard InChI is InChI=1S/C37H26N4O5/c38-31-27(21-23-13-5-1-6-14-23)34(43)40(25-17-9-3-10-18-25)36(45)29(31)33(42)30-32(39)28(22-24-15-7-2-8-16-24)35(44)41(37(30)46)26-19-11-4-12-20-26/h1-22H,38-39H2/b27-21-,28-22-. The van der Waals surface area contributed by atoms with Crippen molar-refractivity contribution in [3.05, 3.63) is 166 Å². The summed E-state index contributed by atoms with van der Waals surface area (Å²) < 4.78 is 0. The first-order valence-electron chi connectivity index (χ1n) is 14.2. The summed E-state index contributed by atoms with van der Waals surface area (Å²) in [7, 11) is 0. The van der Waals surface area contributed by atoms with Gasteiger partial charge in [0.05, 0.1) is 33.9 Å². The summed E-state index contributed by atoms with van der Waals surface area (Å²) in [5.41, 5.74) is 12.2. The molecule has 4 aromatic rings. The van der Waals surface area contributed by atoms with Crippen LogP contribution in [0.15, 0.2) is 155 Å². The summed E-state index contributed by atoms with van der Waals surface area (Å²) in [6.45, 7) is 0. The molecule has 0 saturated carbocycles. The fraction of sp³-hybridized carbons (Fsp3) is 0. The van der Waals surface area contributed by atoms with Crippen molar-refractivity contribution in [2.75, 3.05) is 9.80 Å². The molecular weight excluding hydrogens is 580 g/mol. The van der Waals surface area contributed by atoms with Crippen LogP contribution >= 0.6 is 0 Å². The second kappa shape index (κ2) is 12.2. The molecule has 224 valence electrons. The molecule has 4 aromatic carbocycles. The molecule has 2 aliphatic rings. The highest BCUT2D eigenvalue weighted by atomic mass is 16.2. The maximum atomic E-state index is 14.5. The lowest BCUT2D eigenvalue weighted by atomic mass is 9.87. The van der Waals surface area contributed by atoms with Gasteiger partial charge < -0.3 is 11.5 Å². The van der Waals surface area contributed by atoms with Gasteiger partial charge in [-0.25, -0.2) is 9.80 Å². The molecule has 0 atom stereocenters. The van der Waals surface area contributed by atoms with Gasteiger partial charge in [-0.05, 0) is 47.5 Å².